The zero-order chi connectivity index (χ0) is 35.8. The molecule has 0 aromatic carbocycles. The Kier molecular flexibility index (Phi) is 7.61. The summed E-state index contributed by atoms with van der Waals surface area (Å²) in [5, 5.41) is 0. The Hall–Kier alpha value is -2.84. The molecule has 15 unspecified atom stereocenters. The third-order valence-electron chi connectivity index (χ3n) is 18.4. The molecule has 0 radical (unpaired) electrons. The van der Waals surface area contributed by atoms with Crippen molar-refractivity contribution in [2.75, 3.05) is 0 Å². The molecule has 2 nitrogen and oxygen atoms in total. The van der Waals surface area contributed by atoms with Gasteiger partial charge in [-0.3, -0.25) is 0 Å². The predicted octanol–water partition coefficient (Wildman–Crippen LogP) is 11.8. The van der Waals surface area contributed by atoms with Gasteiger partial charge in [-0.2, -0.15) is 0 Å². The van der Waals surface area contributed by atoms with Gasteiger partial charge < -0.3 is 9.64 Å². The molecule has 0 bridgehead atoms. The molecule has 0 aromatic heterocycles. The molecular weight excluding hydrogens is 655 g/mol. The van der Waals surface area contributed by atoms with Crippen LogP contribution in [0.2, 0.25) is 0 Å². The predicted molar refractivity (Wildman–Crippen MR) is 220 cm³/mol. The molecule has 1 aliphatic heterocycles. The van der Waals surface area contributed by atoms with E-state index in [1.807, 2.05) is 5.57 Å². The van der Waals surface area contributed by atoms with E-state index < -0.39 is 0 Å². The highest BCUT2D eigenvalue weighted by molar-refractivity contribution is 5.52. The van der Waals surface area contributed by atoms with Crippen molar-refractivity contribution in [3.63, 3.8) is 0 Å². The van der Waals surface area contributed by atoms with E-state index in [0.717, 1.165) is 11.8 Å². The molecule has 2 heteroatoms. The first-order chi connectivity index (χ1) is 26.6. The summed E-state index contributed by atoms with van der Waals surface area (Å²) in [7, 11) is 0. The molecule has 12 rings (SSSR count). The lowest BCUT2D eigenvalue weighted by molar-refractivity contribution is -0.0132. The first kappa shape index (κ1) is 33.3. The summed E-state index contributed by atoms with van der Waals surface area (Å²) in [6, 6.07) is 1.03. The Labute approximate surface area is 325 Å². The van der Waals surface area contributed by atoms with E-state index in [4.69, 9.17) is 4.74 Å². The maximum absolute atomic E-state index is 7.13. The fourth-order valence-corrected chi connectivity index (χ4v) is 16.7. The molecule has 1 saturated heterocycles. The molecule has 0 amide bonds. The number of nitrogens with zero attached hydrogens (tertiary/aromatic N) is 1. The Bertz CT molecular complexity index is 1890. The lowest BCUT2D eigenvalue weighted by atomic mass is 9.58. The van der Waals surface area contributed by atoms with Gasteiger partial charge in [-0.1, -0.05) is 129 Å². The van der Waals surface area contributed by atoms with Crippen LogP contribution in [0.15, 0.2) is 120 Å². The highest BCUT2D eigenvalue weighted by atomic mass is 16.5. The van der Waals surface area contributed by atoms with Crippen LogP contribution in [-0.4, -0.2) is 29.2 Å². The van der Waals surface area contributed by atoms with E-state index in [9.17, 15) is 0 Å². The number of rotatable bonds is 3. The number of fused-ring (bicyclic) bond motifs is 16. The van der Waals surface area contributed by atoms with E-state index in [1.54, 1.807) is 16.8 Å². The first-order valence-electron chi connectivity index (χ1n) is 22.9. The van der Waals surface area contributed by atoms with Crippen LogP contribution in [0.5, 0.6) is 0 Å². The van der Waals surface area contributed by atoms with E-state index >= 15 is 0 Å². The summed E-state index contributed by atoms with van der Waals surface area (Å²) in [4.78, 5) is 3.23. The van der Waals surface area contributed by atoms with Gasteiger partial charge in [-0.25, -0.2) is 0 Å². The van der Waals surface area contributed by atoms with Crippen LogP contribution in [0, 0.1) is 75.9 Å². The largest absolute Gasteiger partial charge is 0.374 e. The average Bonchev–Trinajstić information content (AvgIpc) is 3.91. The number of allylic oxidation sites excluding steroid dienone is 19. The van der Waals surface area contributed by atoms with Crippen LogP contribution in [0.4, 0.5) is 0 Å². The minimum atomic E-state index is 0.175. The third-order valence-corrected chi connectivity index (χ3v) is 18.4. The van der Waals surface area contributed by atoms with Gasteiger partial charge in [-0.15, -0.1) is 0 Å². The molecule has 54 heavy (non-hydrogen) atoms. The van der Waals surface area contributed by atoms with Crippen LogP contribution >= 0.6 is 0 Å². The zero-order valence-electron chi connectivity index (χ0n) is 32.9. The number of hydrogen-bond acceptors (Lipinski definition) is 2. The molecule has 1 spiro atoms. The van der Waals surface area contributed by atoms with Crippen molar-refractivity contribution in [2.45, 2.75) is 122 Å². The molecular formula is C52H63NO. The molecule has 12 aliphatic rings. The van der Waals surface area contributed by atoms with Gasteiger partial charge in [0.05, 0.1) is 12.2 Å². The van der Waals surface area contributed by atoms with Gasteiger partial charge in [0.1, 0.15) is 0 Å². The molecule has 0 N–H and O–H groups in total. The van der Waals surface area contributed by atoms with E-state index in [1.165, 1.54) is 83.5 Å². The molecule has 282 valence electrons. The number of ether oxygens (including phenoxy) is 1. The lowest BCUT2D eigenvalue weighted by Gasteiger charge is -2.52. The van der Waals surface area contributed by atoms with Gasteiger partial charge in [-0.05, 0) is 140 Å². The van der Waals surface area contributed by atoms with Crippen LogP contribution in [-0.2, 0) is 4.74 Å². The second-order valence-electron chi connectivity index (χ2n) is 20.5. The smallest absolute Gasteiger partial charge is 0.0630 e. The summed E-state index contributed by atoms with van der Waals surface area (Å²) >= 11 is 0. The molecule has 5 saturated carbocycles. The minimum Gasteiger partial charge on any atom is -0.374 e. The van der Waals surface area contributed by atoms with Crippen molar-refractivity contribution in [1.82, 2.24) is 4.90 Å². The Balaban J connectivity index is 1.03. The first-order valence-corrected chi connectivity index (χ1v) is 22.9. The molecule has 16 atom stereocenters. The van der Waals surface area contributed by atoms with Gasteiger partial charge >= 0.3 is 0 Å². The second-order valence-corrected chi connectivity index (χ2v) is 20.5. The zero-order valence-corrected chi connectivity index (χ0v) is 32.9. The van der Waals surface area contributed by atoms with E-state index in [-0.39, 0.29) is 10.8 Å². The quantitative estimate of drug-likeness (QED) is 0.270. The van der Waals surface area contributed by atoms with Crippen molar-refractivity contribution in [3.8, 4) is 0 Å². The Morgan fingerprint density at radius 3 is 2.43 bits per heavy atom. The van der Waals surface area contributed by atoms with Gasteiger partial charge in [0.2, 0.25) is 0 Å². The topological polar surface area (TPSA) is 12.5 Å². The summed E-state index contributed by atoms with van der Waals surface area (Å²) in [6.45, 7) is 5.21. The van der Waals surface area contributed by atoms with Crippen LogP contribution in [0.25, 0.3) is 0 Å². The third kappa shape index (κ3) is 4.39. The highest BCUT2D eigenvalue weighted by Gasteiger charge is 2.69. The number of hydrogen-bond donors (Lipinski definition) is 0. The van der Waals surface area contributed by atoms with Crippen molar-refractivity contribution in [2.24, 2.45) is 75.9 Å². The maximum Gasteiger partial charge on any atom is 0.0630 e. The van der Waals surface area contributed by atoms with Crippen molar-refractivity contribution < 1.29 is 4.74 Å². The standard InChI is InChI=1S/C52H63NO/c1-51(2)39-20-8-6-18-37(39)49-43(51)24-13-25-45(49)53(46-26-14-28-48-50(46)38-19-7-12-27-47(38)54-48)32-29-30-36-35-17-5-11-23-42(35)52(44(36)31-32)40-21-9-3-15-33(40)34-16-4-10-22-41(34)52/h3-6,9-11,15,17-18,21-24,29-30,32-40,42,44,46-48,50H,7-8,12-14,16,19-20,25-28,31H2,1-2H3/t32?,33?,34?,35?,36?,37?,38?,39?,40?,42?,44?,46?,47?,48?,50?,52-/m0/s1. The average molecular weight is 718 g/mol. The summed E-state index contributed by atoms with van der Waals surface area (Å²) < 4.78 is 7.13. The Morgan fingerprint density at radius 1 is 0.704 bits per heavy atom. The molecule has 6 fully saturated rings. The summed E-state index contributed by atoms with van der Waals surface area (Å²) in [6.07, 6.45) is 59.1. The van der Waals surface area contributed by atoms with Crippen molar-refractivity contribution in [1.29, 1.82) is 0 Å². The van der Waals surface area contributed by atoms with E-state index in [0.29, 0.717) is 77.6 Å². The van der Waals surface area contributed by atoms with Crippen LogP contribution < -0.4 is 0 Å². The molecule has 11 aliphatic carbocycles. The van der Waals surface area contributed by atoms with Gasteiger partial charge in [0.25, 0.3) is 0 Å². The fourth-order valence-electron chi connectivity index (χ4n) is 16.7. The van der Waals surface area contributed by atoms with Gasteiger partial charge in [0, 0.05) is 35.0 Å². The Morgan fingerprint density at radius 2 is 1.52 bits per heavy atom. The van der Waals surface area contributed by atoms with Crippen molar-refractivity contribution >= 4 is 0 Å². The van der Waals surface area contributed by atoms with Gasteiger partial charge in [0.15, 0.2) is 0 Å². The summed E-state index contributed by atoms with van der Waals surface area (Å²) in [5.41, 5.74) is 7.49. The summed E-state index contributed by atoms with van der Waals surface area (Å²) in [5.74, 6) is 6.97. The van der Waals surface area contributed by atoms with Crippen LogP contribution in [0.3, 0.4) is 0 Å². The van der Waals surface area contributed by atoms with E-state index in [2.05, 4.69) is 116 Å². The highest BCUT2D eigenvalue weighted by Crippen LogP contribution is 2.74. The van der Waals surface area contributed by atoms with Crippen molar-refractivity contribution in [3.05, 3.63) is 120 Å². The second kappa shape index (κ2) is 12.3. The normalized spacial score (nSPS) is 49.4. The van der Waals surface area contributed by atoms with Crippen LogP contribution in [0.1, 0.15) is 97.3 Å². The monoisotopic (exact) mass is 717 g/mol. The minimum absolute atomic E-state index is 0.175. The maximum atomic E-state index is 7.13. The lowest BCUT2D eigenvalue weighted by Crippen LogP contribution is -2.54. The fraction of sp³-hybridized carbons (Fsp3) is 0.615. The SMILES string of the molecule is CC1(C)C2=CCCC(N(C3C=CC4C5C=CC=CC5[C@]5(C6=CC=CCC6C6C=CC=CC65)C4C3)C3CCCC4OC5CCCCC5C43)=C2C2C=CCCC21. The molecule has 0 aromatic rings. The molecule has 1 heterocycles.